The molecule has 3 aromatic rings. The van der Waals surface area contributed by atoms with Crippen LogP contribution in [0.2, 0.25) is 0 Å². The average Bonchev–Trinajstić information content (AvgIpc) is 3.19. The predicted octanol–water partition coefficient (Wildman–Crippen LogP) is 1.91. The van der Waals surface area contributed by atoms with Crippen molar-refractivity contribution in [3.05, 3.63) is 66.1 Å². The van der Waals surface area contributed by atoms with E-state index in [-0.39, 0.29) is 0 Å². The zero-order valence-corrected chi connectivity index (χ0v) is 13.1. The minimum absolute atomic E-state index is 0.432. The molecule has 0 fully saturated rings. The van der Waals surface area contributed by atoms with Gasteiger partial charge in [0.05, 0.1) is 19.2 Å². The maximum Gasteiger partial charge on any atom is 0.148 e. The Morgan fingerprint density at radius 2 is 2.00 bits per heavy atom. The summed E-state index contributed by atoms with van der Waals surface area (Å²) in [6, 6.07) is 12.0. The van der Waals surface area contributed by atoms with Crippen LogP contribution in [0.4, 0.5) is 5.82 Å². The number of aliphatic hydroxyl groups is 1. The second kappa shape index (κ2) is 7.11. The monoisotopic (exact) mass is 311 g/mol. The maximum absolute atomic E-state index is 10.0. The molecule has 23 heavy (non-hydrogen) atoms. The van der Waals surface area contributed by atoms with E-state index in [2.05, 4.69) is 34.6 Å². The number of aromatic nitrogens is 4. The summed E-state index contributed by atoms with van der Waals surface area (Å²) in [4.78, 5) is 0. The number of nitrogens with one attached hydrogen (secondary N) is 1. The van der Waals surface area contributed by atoms with E-state index in [4.69, 9.17) is 0 Å². The van der Waals surface area contributed by atoms with Crippen LogP contribution in [0, 0.1) is 6.92 Å². The summed E-state index contributed by atoms with van der Waals surface area (Å²) >= 11 is 0. The molecule has 0 aliphatic heterocycles. The van der Waals surface area contributed by atoms with Gasteiger partial charge in [-0.05, 0) is 24.1 Å². The van der Waals surface area contributed by atoms with Crippen LogP contribution < -0.4 is 5.32 Å². The molecule has 0 saturated heterocycles. The number of nitrogens with zero attached hydrogens (tertiary/aromatic N) is 4. The van der Waals surface area contributed by atoms with Gasteiger partial charge in [0.15, 0.2) is 0 Å². The molecule has 3 rings (SSSR count). The number of aryl methyl sites for hydroxylation is 1. The molecule has 0 bridgehead atoms. The Morgan fingerprint density at radius 1 is 1.13 bits per heavy atom. The summed E-state index contributed by atoms with van der Waals surface area (Å²) in [5.41, 5.74) is 2.51. The van der Waals surface area contributed by atoms with Crippen molar-refractivity contribution in [1.29, 1.82) is 0 Å². The van der Waals surface area contributed by atoms with Gasteiger partial charge in [0.2, 0.25) is 0 Å². The van der Waals surface area contributed by atoms with Gasteiger partial charge >= 0.3 is 0 Å². The van der Waals surface area contributed by atoms with E-state index in [1.807, 2.05) is 41.3 Å². The molecule has 0 aliphatic rings. The van der Waals surface area contributed by atoms with Gasteiger partial charge in [0, 0.05) is 31.2 Å². The first-order valence-electron chi connectivity index (χ1n) is 7.68. The van der Waals surface area contributed by atoms with Gasteiger partial charge in [0.25, 0.3) is 0 Å². The number of rotatable bonds is 7. The molecule has 0 radical (unpaired) electrons. The number of anilines is 1. The van der Waals surface area contributed by atoms with E-state index < -0.39 is 6.10 Å². The van der Waals surface area contributed by atoms with Crippen molar-refractivity contribution >= 4 is 5.82 Å². The molecule has 6 heteroatoms. The summed E-state index contributed by atoms with van der Waals surface area (Å²) in [5, 5.41) is 21.7. The third kappa shape index (κ3) is 4.20. The molecular formula is C17H21N5O. The molecule has 0 amide bonds. The van der Waals surface area contributed by atoms with Crippen molar-refractivity contribution in [2.45, 2.75) is 26.1 Å². The largest absolute Gasteiger partial charge is 0.389 e. The summed E-state index contributed by atoms with van der Waals surface area (Å²) in [7, 11) is 0. The molecule has 0 spiro atoms. The molecule has 1 atom stereocenters. The minimum atomic E-state index is -0.517. The quantitative estimate of drug-likeness (QED) is 0.699. The fourth-order valence-electron chi connectivity index (χ4n) is 2.42. The van der Waals surface area contributed by atoms with E-state index in [9.17, 15) is 5.11 Å². The highest BCUT2D eigenvalue weighted by molar-refractivity contribution is 5.33. The van der Waals surface area contributed by atoms with Crippen LogP contribution in [0.3, 0.4) is 0 Å². The smallest absolute Gasteiger partial charge is 0.148 e. The third-order valence-electron chi connectivity index (χ3n) is 3.71. The Labute approximate surface area is 135 Å². The van der Waals surface area contributed by atoms with Crippen molar-refractivity contribution in [1.82, 2.24) is 19.6 Å². The van der Waals surface area contributed by atoms with Crippen LogP contribution in [-0.2, 0) is 13.1 Å². The zero-order chi connectivity index (χ0) is 16.1. The van der Waals surface area contributed by atoms with Crippen molar-refractivity contribution < 1.29 is 5.11 Å². The maximum atomic E-state index is 10.0. The standard InChI is InChI=1S/C17H21N5O/c1-14-5-2-3-6-15(14)12-22-10-7-17(20-22)18-11-16(23)13-21-9-4-8-19-21/h2-10,16,23H,11-13H2,1H3,(H,18,20). The Balaban J connectivity index is 1.52. The van der Waals surface area contributed by atoms with Crippen LogP contribution in [0.1, 0.15) is 11.1 Å². The van der Waals surface area contributed by atoms with Gasteiger partial charge in [0.1, 0.15) is 5.82 Å². The van der Waals surface area contributed by atoms with E-state index in [1.165, 1.54) is 11.1 Å². The van der Waals surface area contributed by atoms with Gasteiger partial charge in [-0.25, -0.2) is 0 Å². The molecule has 1 unspecified atom stereocenters. The topological polar surface area (TPSA) is 67.9 Å². The first-order valence-corrected chi connectivity index (χ1v) is 7.68. The number of hydrogen-bond acceptors (Lipinski definition) is 4. The molecular weight excluding hydrogens is 290 g/mol. The highest BCUT2D eigenvalue weighted by atomic mass is 16.3. The van der Waals surface area contributed by atoms with E-state index >= 15 is 0 Å². The van der Waals surface area contributed by atoms with E-state index in [0.717, 1.165) is 12.4 Å². The first kappa shape index (κ1) is 15.3. The lowest BCUT2D eigenvalue weighted by atomic mass is 10.1. The Kier molecular flexibility index (Phi) is 4.73. The zero-order valence-electron chi connectivity index (χ0n) is 13.1. The molecule has 1 aromatic carbocycles. The Hall–Kier alpha value is -2.60. The normalized spacial score (nSPS) is 12.3. The first-order chi connectivity index (χ1) is 11.2. The molecule has 0 aliphatic carbocycles. The van der Waals surface area contributed by atoms with E-state index in [0.29, 0.717) is 13.1 Å². The molecule has 6 nitrogen and oxygen atoms in total. The van der Waals surface area contributed by atoms with Crippen molar-refractivity contribution in [2.24, 2.45) is 0 Å². The van der Waals surface area contributed by atoms with Gasteiger partial charge in [-0.3, -0.25) is 9.36 Å². The lowest BCUT2D eigenvalue weighted by Gasteiger charge is -2.11. The van der Waals surface area contributed by atoms with Crippen LogP contribution in [0.25, 0.3) is 0 Å². The predicted molar refractivity (Wildman–Crippen MR) is 89.2 cm³/mol. The van der Waals surface area contributed by atoms with Gasteiger partial charge < -0.3 is 10.4 Å². The van der Waals surface area contributed by atoms with Crippen LogP contribution in [0.5, 0.6) is 0 Å². The van der Waals surface area contributed by atoms with E-state index in [1.54, 1.807) is 10.9 Å². The average molecular weight is 311 g/mol. The SMILES string of the molecule is Cc1ccccc1Cn1ccc(NCC(O)Cn2cccn2)n1. The van der Waals surface area contributed by atoms with Crippen molar-refractivity contribution in [2.75, 3.05) is 11.9 Å². The Morgan fingerprint density at radius 3 is 2.78 bits per heavy atom. The second-order valence-electron chi connectivity index (χ2n) is 5.59. The van der Waals surface area contributed by atoms with Crippen LogP contribution in [0.15, 0.2) is 55.0 Å². The minimum Gasteiger partial charge on any atom is -0.389 e. The third-order valence-corrected chi connectivity index (χ3v) is 3.71. The molecule has 2 aromatic heterocycles. The Bertz CT molecular complexity index is 735. The summed E-state index contributed by atoms with van der Waals surface area (Å²) in [6.45, 7) is 3.74. The number of hydrogen-bond donors (Lipinski definition) is 2. The molecule has 2 N–H and O–H groups in total. The molecule has 0 saturated carbocycles. The highest BCUT2D eigenvalue weighted by Crippen LogP contribution is 2.10. The van der Waals surface area contributed by atoms with Gasteiger partial charge in [-0.2, -0.15) is 10.2 Å². The lowest BCUT2D eigenvalue weighted by Crippen LogP contribution is -2.25. The lowest BCUT2D eigenvalue weighted by molar-refractivity contribution is 0.161. The summed E-state index contributed by atoms with van der Waals surface area (Å²) in [5.74, 6) is 0.762. The van der Waals surface area contributed by atoms with Crippen LogP contribution >= 0.6 is 0 Å². The van der Waals surface area contributed by atoms with Crippen LogP contribution in [-0.4, -0.2) is 37.3 Å². The fraction of sp³-hybridized carbons (Fsp3) is 0.294. The second-order valence-corrected chi connectivity index (χ2v) is 5.59. The van der Waals surface area contributed by atoms with Gasteiger partial charge in [-0.1, -0.05) is 24.3 Å². The van der Waals surface area contributed by atoms with Crippen molar-refractivity contribution in [3.8, 4) is 0 Å². The molecule has 120 valence electrons. The number of benzene rings is 1. The van der Waals surface area contributed by atoms with Crippen molar-refractivity contribution in [3.63, 3.8) is 0 Å². The summed E-state index contributed by atoms with van der Waals surface area (Å²) in [6.07, 6.45) is 4.96. The molecule has 2 heterocycles. The van der Waals surface area contributed by atoms with Gasteiger partial charge in [-0.15, -0.1) is 0 Å². The fourth-order valence-corrected chi connectivity index (χ4v) is 2.42. The summed E-state index contributed by atoms with van der Waals surface area (Å²) < 4.78 is 3.60. The number of aliphatic hydroxyl groups excluding tert-OH is 1. The highest BCUT2D eigenvalue weighted by Gasteiger charge is 2.07.